The summed E-state index contributed by atoms with van der Waals surface area (Å²) in [5.74, 6) is 1.39. The average Bonchev–Trinajstić information content (AvgIpc) is 3.65. The Balaban J connectivity index is 1.43. The number of aromatic nitrogens is 5. The highest BCUT2D eigenvalue weighted by atomic mass is 32.1. The zero-order chi connectivity index (χ0) is 28.7. The highest BCUT2D eigenvalue weighted by molar-refractivity contribution is 7.15. The number of ether oxygens (including phenoxy) is 1. The first-order chi connectivity index (χ1) is 19.7. The maximum absolute atomic E-state index is 13.5. The summed E-state index contributed by atoms with van der Waals surface area (Å²) >= 11 is 1.33. The highest BCUT2D eigenvalue weighted by Crippen LogP contribution is 2.29. The topological polar surface area (TPSA) is 74.3 Å². The fourth-order valence-electron chi connectivity index (χ4n) is 4.76. The smallest absolute Gasteiger partial charge is 0.291 e. The lowest BCUT2D eigenvalue weighted by atomic mass is 9.87. The minimum absolute atomic E-state index is 0.0601. The first-order valence-corrected chi connectivity index (χ1v) is 14.4. The second-order valence-corrected chi connectivity index (χ2v) is 12.0. The van der Waals surface area contributed by atoms with E-state index < -0.39 is 0 Å². The van der Waals surface area contributed by atoms with Gasteiger partial charge in [0.25, 0.3) is 5.56 Å². The van der Waals surface area contributed by atoms with Crippen molar-refractivity contribution in [3.8, 4) is 34.1 Å². The molecule has 0 unspecified atom stereocenters. The van der Waals surface area contributed by atoms with Crippen LogP contribution in [0.4, 0.5) is 0 Å². The molecular formula is C33H31N5O2S. The Morgan fingerprint density at radius 1 is 0.951 bits per heavy atom. The zero-order valence-corrected chi connectivity index (χ0v) is 24.6. The highest BCUT2D eigenvalue weighted by Gasteiger charge is 2.17. The van der Waals surface area contributed by atoms with E-state index in [2.05, 4.69) is 49.1 Å². The SMILES string of the molecule is CCOc1ccc(-c2nn(-c3ccccc3)cc2/C=c2\sc3nc(-c4ccc(C(C)(C)C)cc4)nn3c2=O)cc1C. The molecule has 0 aliphatic carbocycles. The van der Waals surface area contributed by atoms with E-state index in [1.807, 2.05) is 85.4 Å². The van der Waals surface area contributed by atoms with Crippen LogP contribution in [0.3, 0.4) is 0 Å². The van der Waals surface area contributed by atoms with Gasteiger partial charge in [-0.25, -0.2) is 4.68 Å². The number of benzene rings is 3. The molecule has 0 spiro atoms. The molecule has 0 amide bonds. The first kappa shape index (κ1) is 26.7. The Labute approximate surface area is 242 Å². The van der Waals surface area contributed by atoms with Crippen LogP contribution in [-0.2, 0) is 5.41 Å². The van der Waals surface area contributed by atoms with Gasteiger partial charge in [0.15, 0.2) is 5.82 Å². The molecule has 0 saturated heterocycles. The lowest BCUT2D eigenvalue weighted by Gasteiger charge is -2.18. The molecule has 7 nitrogen and oxygen atoms in total. The molecule has 0 N–H and O–H groups in total. The fourth-order valence-corrected chi connectivity index (χ4v) is 5.66. The summed E-state index contributed by atoms with van der Waals surface area (Å²) in [4.78, 5) is 18.7. The molecule has 0 atom stereocenters. The van der Waals surface area contributed by atoms with Gasteiger partial charge in [0.05, 0.1) is 16.8 Å². The van der Waals surface area contributed by atoms with Gasteiger partial charge in [-0.2, -0.15) is 14.6 Å². The largest absolute Gasteiger partial charge is 0.494 e. The predicted octanol–water partition coefficient (Wildman–Crippen LogP) is 6.22. The fraction of sp³-hybridized carbons (Fsp3) is 0.212. The van der Waals surface area contributed by atoms with E-state index in [0.29, 0.717) is 21.9 Å². The lowest BCUT2D eigenvalue weighted by molar-refractivity contribution is 0.338. The van der Waals surface area contributed by atoms with Crippen LogP contribution in [0, 0.1) is 6.92 Å². The van der Waals surface area contributed by atoms with Gasteiger partial charge in [0, 0.05) is 22.9 Å². The van der Waals surface area contributed by atoms with Crippen molar-refractivity contribution in [3.05, 3.63) is 111 Å². The molecule has 0 saturated carbocycles. The molecule has 6 aromatic rings. The van der Waals surface area contributed by atoms with Crippen molar-refractivity contribution < 1.29 is 4.74 Å². The predicted molar refractivity (Wildman–Crippen MR) is 165 cm³/mol. The lowest BCUT2D eigenvalue weighted by Crippen LogP contribution is -2.23. The summed E-state index contributed by atoms with van der Waals surface area (Å²) in [6.07, 6.45) is 3.84. The number of nitrogens with zero attached hydrogens (tertiary/aromatic N) is 5. The summed E-state index contributed by atoms with van der Waals surface area (Å²) < 4.78 is 9.52. The molecule has 41 heavy (non-hydrogen) atoms. The van der Waals surface area contributed by atoms with Crippen molar-refractivity contribution in [1.82, 2.24) is 24.4 Å². The molecule has 3 aromatic heterocycles. The molecule has 0 bridgehead atoms. The number of fused-ring (bicyclic) bond motifs is 1. The van der Waals surface area contributed by atoms with Gasteiger partial charge in [0.1, 0.15) is 11.4 Å². The summed E-state index contributed by atoms with van der Waals surface area (Å²) in [6.45, 7) is 11.1. The van der Waals surface area contributed by atoms with Crippen molar-refractivity contribution in [2.75, 3.05) is 6.61 Å². The Morgan fingerprint density at radius 3 is 2.34 bits per heavy atom. The maximum atomic E-state index is 13.5. The van der Waals surface area contributed by atoms with Crippen LogP contribution >= 0.6 is 11.3 Å². The molecule has 206 valence electrons. The van der Waals surface area contributed by atoms with E-state index in [-0.39, 0.29) is 11.0 Å². The number of rotatable bonds is 6. The zero-order valence-electron chi connectivity index (χ0n) is 23.8. The van der Waals surface area contributed by atoms with Crippen molar-refractivity contribution in [2.24, 2.45) is 0 Å². The molecule has 6 rings (SSSR count). The number of thiazole rings is 1. The monoisotopic (exact) mass is 561 g/mol. The maximum Gasteiger partial charge on any atom is 0.291 e. The molecule has 8 heteroatoms. The van der Waals surface area contributed by atoms with E-state index in [1.165, 1.54) is 21.4 Å². The Kier molecular flexibility index (Phi) is 6.79. The number of aryl methyl sites for hydroxylation is 1. The molecule has 0 radical (unpaired) electrons. The van der Waals surface area contributed by atoms with Crippen molar-refractivity contribution in [2.45, 2.75) is 40.0 Å². The number of hydrogen-bond acceptors (Lipinski definition) is 6. The second kappa shape index (κ2) is 10.4. The van der Waals surface area contributed by atoms with Crippen LogP contribution in [-0.4, -0.2) is 31.0 Å². The van der Waals surface area contributed by atoms with E-state index >= 15 is 0 Å². The van der Waals surface area contributed by atoms with E-state index in [9.17, 15) is 4.79 Å². The average molecular weight is 562 g/mol. The van der Waals surface area contributed by atoms with Crippen LogP contribution in [0.5, 0.6) is 5.75 Å². The Hall–Kier alpha value is -4.56. The molecule has 3 heterocycles. The normalized spacial score (nSPS) is 12.4. The van der Waals surface area contributed by atoms with E-state index in [4.69, 9.17) is 9.84 Å². The number of para-hydroxylation sites is 1. The number of hydrogen-bond donors (Lipinski definition) is 0. The summed E-state index contributed by atoms with van der Waals surface area (Å²) in [5, 5.41) is 9.48. The van der Waals surface area contributed by atoms with Gasteiger partial charge < -0.3 is 4.74 Å². The van der Waals surface area contributed by atoms with E-state index in [1.54, 1.807) is 0 Å². The molecular weight excluding hydrogens is 530 g/mol. The molecule has 0 fully saturated rings. The first-order valence-electron chi connectivity index (χ1n) is 13.6. The quantitative estimate of drug-likeness (QED) is 0.241. The summed E-state index contributed by atoms with van der Waals surface area (Å²) in [6, 6.07) is 24.2. The standard InChI is InChI=1S/C33H31N5O2S/c1-6-40-27-17-14-23(18-21(27)2)29-24(20-37(35-29)26-10-8-7-9-11-26)19-28-31(39)38-32(41-28)34-30(36-38)22-12-15-25(16-13-22)33(3,4)5/h7-20H,6H2,1-5H3/b28-19-. The molecule has 0 aliphatic heterocycles. The minimum atomic E-state index is -0.198. The van der Waals surface area contributed by atoms with Gasteiger partial charge in [-0.3, -0.25) is 4.79 Å². The third-order valence-electron chi connectivity index (χ3n) is 6.99. The molecule has 0 aliphatic rings. The van der Waals surface area contributed by atoms with Crippen LogP contribution in [0.1, 0.15) is 44.4 Å². The van der Waals surface area contributed by atoms with E-state index in [0.717, 1.165) is 39.4 Å². The Morgan fingerprint density at radius 2 is 1.68 bits per heavy atom. The van der Waals surface area contributed by atoms with Gasteiger partial charge in [-0.1, -0.05) is 74.6 Å². The van der Waals surface area contributed by atoms with Crippen LogP contribution in [0.25, 0.3) is 39.4 Å². The summed E-state index contributed by atoms with van der Waals surface area (Å²) in [5.41, 5.74) is 6.49. The van der Waals surface area contributed by atoms with Gasteiger partial charge in [-0.15, -0.1) is 5.10 Å². The van der Waals surface area contributed by atoms with Gasteiger partial charge >= 0.3 is 0 Å². The van der Waals surface area contributed by atoms with Crippen molar-refractivity contribution in [3.63, 3.8) is 0 Å². The molecule has 3 aromatic carbocycles. The third-order valence-corrected chi connectivity index (χ3v) is 7.95. The van der Waals surface area contributed by atoms with Crippen molar-refractivity contribution >= 4 is 22.4 Å². The van der Waals surface area contributed by atoms with Crippen molar-refractivity contribution in [1.29, 1.82) is 0 Å². The third kappa shape index (κ3) is 5.18. The van der Waals surface area contributed by atoms with Crippen LogP contribution in [0.2, 0.25) is 0 Å². The van der Waals surface area contributed by atoms with Gasteiger partial charge in [0.2, 0.25) is 4.96 Å². The van der Waals surface area contributed by atoms with Crippen LogP contribution in [0.15, 0.2) is 83.8 Å². The second-order valence-electron chi connectivity index (χ2n) is 11.0. The van der Waals surface area contributed by atoms with Gasteiger partial charge in [-0.05, 0) is 66.8 Å². The minimum Gasteiger partial charge on any atom is -0.494 e. The van der Waals surface area contributed by atoms with Crippen LogP contribution < -0.4 is 14.8 Å². The summed E-state index contributed by atoms with van der Waals surface area (Å²) in [7, 11) is 0. The Bertz CT molecular complexity index is 1960.